The minimum Gasteiger partial charge on any atom is -0.458 e. The van der Waals surface area contributed by atoms with E-state index in [4.69, 9.17) is 18.9 Å². The molecule has 4 aliphatic heterocycles. The van der Waals surface area contributed by atoms with Gasteiger partial charge < -0.3 is 18.9 Å². The summed E-state index contributed by atoms with van der Waals surface area (Å²) in [4.78, 5) is 0. The molecule has 4 nitrogen and oxygen atoms in total. The van der Waals surface area contributed by atoms with Gasteiger partial charge in [0.25, 0.3) is 13.4 Å². The van der Waals surface area contributed by atoms with Crippen molar-refractivity contribution in [3.63, 3.8) is 0 Å². The van der Waals surface area contributed by atoms with E-state index in [0.717, 1.165) is 157 Å². The largest absolute Gasteiger partial charge is 0.458 e. The molecule has 11 aromatic carbocycles. The SMILES string of the molecule is C=C/C=C(\C=C)c1cccc2c1Oc1ccc(-c3cccc(-c4ccc(-c5ccc6c(c5)B5c7cccc(-c8ccccc8)c7Oc7c(-c8ccccc8)ccc(c75)O6)cc4)c3)c3c1B2c1cc(-c2ccccc2)ccc1O3. The first-order valence-electron chi connectivity index (χ1n) is 26.5. The Kier molecular flexibility index (Phi) is 10.7. The molecule has 0 spiro atoms. The molecule has 0 atom stereocenters. The number of hydrogen-bond donors (Lipinski definition) is 0. The molecule has 364 valence electrons. The summed E-state index contributed by atoms with van der Waals surface area (Å²) in [5.41, 5.74) is 21.5. The molecule has 0 saturated carbocycles. The molecular formula is C72H46B2O4. The van der Waals surface area contributed by atoms with Crippen LogP contribution in [0.25, 0.3) is 72.3 Å². The quantitative estimate of drug-likeness (QED) is 0.107. The summed E-state index contributed by atoms with van der Waals surface area (Å²) in [6, 6.07) is 83.8. The van der Waals surface area contributed by atoms with E-state index in [1.807, 2.05) is 12.2 Å². The third kappa shape index (κ3) is 7.33. The highest BCUT2D eigenvalue weighted by Gasteiger charge is 2.44. The molecule has 0 aliphatic carbocycles. The van der Waals surface area contributed by atoms with Gasteiger partial charge in [-0.25, -0.2) is 0 Å². The number of rotatable bonds is 9. The van der Waals surface area contributed by atoms with Crippen molar-refractivity contribution < 1.29 is 18.9 Å². The monoisotopic (exact) mass is 996 g/mol. The molecule has 0 radical (unpaired) electrons. The highest BCUT2D eigenvalue weighted by molar-refractivity contribution is 6.99. The van der Waals surface area contributed by atoms with E-state index in [1.165, 1.54) is 0 Å². The lowest BCUT2D eigenvalue weighted by molar-refractivity contribution is 0.465. The molecule has 0 saturated heterocycles. The van der Waals surface area contributed by atoms with Gasteiger partial charge in [0.2, 0.25) is 0 Å². The van der Waals surface area contributed by atoms with Gasteiger partial charge in [0, 0.05) is 33.2 Å². The maximum atomic E-state index is 7.13. The predicted octanol–water partition coefficient (Wildman–Crippen LogP) is 14.9. The fourth-order valence-electron chi connectivity index (χ4n) is 12.3. The number of allylic oxidation sites excluding steroid dienone is 4. The lowest BCUT2D eigenvalue weighted by atomic mass is 9.34. The van der Waals surface area contributed by atoms with Gasteiger partial charge in [0.1, 0.15) is 46.0 Å². The maximum absolute atomic E-state index is 7.13. The first-order valence-corrected chi connectivity index (χ1v) is 26.5. The molecule has 0 aromatic heterocycles. The summed E-state index contributed by atoms with van der Waals surface area (Å²) in [7, 11) is 0. The lowest BCUT2D eigenvalue weighted by Gasteiger charge is -2.35. The van der Waals surface area contributed by atoms with E-state index >= 15 is 0 Å². The van der Waals surface area contributed by atoms with Crippen molar-refractivity contribution in [1.29, 1.82) is 0 Å². The number of benzene rings is 11. The molecule has 0 N–H and O–H groups in total. The van der Waals surface area contributed by atoms with Crippen molar-refractivity contribution in [2.45, 2.75) is 0 Å². The van der Waals surface area contributed by atoms with E-state index in [-0.39, 0.29) is 13.4 Å². The van der Waals surface area contributed by atoms with Crippen LogP contribution in [0.5, 0.6) is 46.0 Å². The Bertz CT molecular complexity index is 4300. The fraction of sp³-hybridized carbons (Fsp3) is 0. The molecule has 0 bridgehead atoms. The highest BCUT2D eigenvalue weighted by atomic mass is 16.5. The maximum Gasteiger partial charge on any atom is 0.260 e. The van der Waals surface area contributed by atoms with Gasteiger partial charge in [0.05, 0.1) is 0 Å². The van der Waals surface area contributed by atoms with Crippen LogP contribution in [0.1, 0.15) is 5.56 Å². The zero-order chi connectivity index (χ0) is 51.8. The second-order valence-corrected chi connectivity index (χ2v) is 20.3. The van der Waals surface area contributed by atoms with Gasteiger partial charge in [-0.3, -0.25) is 0 Å². The first-order chi connectivity index (χ1) is 38.6. The number of fused-ring (bicyclic) bond motifs is 8. The van der Waals surface area contributed by atoms with Gasteiger partial charge in [0.15, 0.2) is 0 Å². The van der Waals surface area contributed by atoms with Crippen LogP contribution in [0.2, 0.25) is 0 Å². The number of ether oxygens (including phenoxy) is 4. The Balaban J connectivity index is 0.797. The molecule has 15 rings (SSSR count). The second kappa shape index (κ2) is 18.4. The zero-order valence-electron chi connectivity index (χ0n) is 42.5. The normalized spacial score (nSPS) is 12.9. The minimum absolute atomic E-state index is 0.117. The smallest absolute Gasteiger partial charge is 0.260 e. The van der Waals surface area contributed by atoms with Crippen LogP contribution >= 0.6 is 0 Å². The lowest BCUT2D eigenvalue weighted by Crippen LogP contribution is -2.57. The number of para-hydroxylation sites is 2. The predicted molar refractivity (Wildman–Crippen MR) is 323 cm³/mol. The Morgan fingerprint density at radius 3 is 1.36 bits per heavy atom. The third-order valence-corrected chi connectivity index (χ3v) is 15.9. The van der Waals surface area contributed by atoms with Gasteiger partial charge in [-0.15, -0.1) is 0 Å². The van der Waals surface area contributed by atoms with Crippen LogP contribution in [-0.4, -0.2) is 13.4 Å². The van der Waals surface area contributed by atoms with Gasteiger partial charge in [-0.1, -0.05) is 226 Å². The van der Waals surface area contributed by atoms with Gasteiger partial charge >= 0.3 is 0 Å². The van der Waals surface area contributed by atoms with E-state index in [2.05, 4.69) is 250 Å². The van der Waals surface area contributed by atoms with Gasteiger partial charge in [-0.05, 0) is 120 Å². The third-order valence-electron chi connectivity index (χ3n) is 15.9. The summed E-state index contributed by atoms with van der Waals surface area (Å²) in [5, 5.41) is 0. The summed E-state index contributed by atoms with van der Waals surface area (Å²) < 4.78 is 28.0. The van der Waals surface area contributed by atoms with Crippen LogP contribution < -0.4 is 51.7 Å². The van der Waals surface area contributed by atoms with Gasteiger partial charge in [-0.2, -0.15) is 0 Å². The topological polar surface area (TPSA) is 36.9 Å². The second-order valence-electron chi connectivity index (χ2n) is 20.3. The van der Waals surface area contributed by atoms with Crippen LogP contribution in [0.3, 0.4) is 0 Å². The van der Waals surface area contributed by atoms with Crippen molar-refractivity contribution in [2.75, 3.05) is 0 Å². The Hall–Kier alpha value is -10.0. The van der Waals surface area contributed by atoms with Crippen molar-refractivity contribution in [1.82, 2.24) is 0 Å². The number of hydrogen-bond acceptors (Lipinski definition) is 4. The van der Waals surface area contributed by atoms with E-state index < -0.39 is 0 Å². The standard InChI is InChI=1S/C72H46B2O4/c1-3-17-45(4-2)55-26-15-28-59-69(55)77-66-41-37-58(71-68(66)73(59)62-43-52(35-39-64(62)76-71)46-18-8-5-9-19-46)54-25-14-24-51(42-54)47-30-32-48(33-31-47)53-34-38-63-61(44-53)74-60-29-16-27-56(49-20-10-6-11-21-49)70(60)78-72-57(50-22-12-7-13-23-50)36-40-65(75-63)67(72)74/h3-44H,1-2H2/b45-17+. The molecular weight excluding hydrogens is 950 g/mol. The summed E-state index contributed by atoms with van der Waals surface area (Å²) in [5.74, 6) is 6.60. The van der Waals surface area contributed by atoms with Crippen LogP contribution in [-0.2, 0) is 0 Å². The zero-order valence-corrected chi connectivity index (χ0v) is 42.5. The molecule has 78 heavy (non-hydrogen) atoms. The summed E-state index contributed by atoms with van der Waals surface area (Å²) >= 11 is 0. The Morgan fingerprint density at radius 1 is 0.308 bits per heavy atom. The summed E-state index contributed by atoms with van der Waals surface area (Å²) in [6.07, 6.45) is 5.64. The average Bonchev–Trinajstić information content (AvgIpc) is 3.70. The molecule has 0 amide bonds. The molecule has 0 unspecified atom stereocenters. The molecule has 0 fully saturated rings. The van der Waals surface area contributed by atoms with Crippen LogP contribution in [0.4, 0.5) is 0 Å². The van der Waals surface area contributed by atoms with E-state index in [0.29, 0.717) is 0 Å². The fourth-order valence-corrected chi connectivity index (χ4v) is 12.3. The first kappa shape index (κ1) is 45.4. The Labute approximate surface area is 454 Å². The van der Waals surface area contributed by atoms with Crippen molar-refractivity contribution >= 4 is 51.8 Å². The minimum atomic E-state index is -0.150. The molecule has 4 aliphatic rings. The van der Waals surface area contributed by atoms with E-state index in [9.17, 15) is 0 Å². The molecule has 4 heterocycles. The van der Waals surface area contributed by atoms with Crippen LogP contribution in [0.15, 0.2) is 268 Å². The summed E-state index contributed by atoms with van der Waals surface area (Å²) in [6.45, 7) is 7.86. The molecule has 6 heteroatoms. The van der Waals surface area contributed by atoms with Crippen LogP contribution in [0, 0.1) is 0 Å². The average molecular weight is 997 g/mol. The van der Waals surface area contributed by atoms with E-state index in [1.54, 1.807) is 6.08 Å². The molecule has 11 aromatic rings. The highest BCUT2D eigenvalue weighted by Crippen LogP contribution is 2.46. The van der Waals surface area contributed by atoms with Crippen molar-refractivity contribution in [3.8, 4) is 113 Å². The van der Waals surface area contributed by atoms with Crippen molar-refractivity contribution in [3.05, 3.63) is 274 Å². The Morgan fingerprint density at radius 2 is 0.744 bits per heavy atom. The van der Waals surface area contributed by atoms with Crippen molar-refractivity contribution in [2.24, 2.45) is 0 Å².